The third kappa shape index (κ3) is 5.16. The summed E-state index contributed by atoms with van der Waals surface area (Å²) in [5.41, 5.74) is 1.20. The molecule has 0 saturated carbocycles. The van der Waals surface area contributed by atoms with Crippen LogP contribution < -0.4 is 5.32 Å². The Morgan fingerprint density at radius 1 is 1.33 bits per heavy atom. The Hall–Kier alpha value is -1.35. The number of carbonyl (C=O) groups excluding carboxylic acids is 1. The SMILES string of the molecule is CC(C)CC(NC(=O)CN1CCC(C)C1)c1ccccc1. The Balaban J connectivity index is 1.93. The lowest BCUT2D eigenvalue weighted by molar-refractivity contribution is -0.122. The highest BCUT2D eigenvalue weighted by molar-refractivity contribution is 5.78. The van der Waals surface area contributed by atoms with Crippen molar-refractivity contribution < 1.29 is 4.79 Å². The van der Waals surface area contributed by atoms with Crippen LogP contribution in [-0.2, 0) is 4.79 Å². The normalized spacial score (nSPS) is 20.7. The minimum atomic E-state index is 0.124. The Morgan fingerprint density at radius 3 is 2.62 bits per heavy atom. The fourth-order valence-corrected chi connectivity index (χ4v) is 3.05. The Labute approximate surface area is 128 Å². The van der Waals surface area contributed by atoms with Gasteiger partial charge in [-0.15, -0.1) is 0 Å². The summed E-state index contributed by atoms with van der Waals surface area (Å²) in [5, 5.41) is 3.23. The van der Waals surface area contributed by atoms with Gasteiger partial charge in [0, 0.05) is 6.54 Å². The van der Waals surface area contributed by atoms with Crippen molar-refractivity contribution in [2.24, 2.45) is 11.8 Å². The molecule has 1 heterocycles. The number of benzene rings is 1. The van der Waals surface area contributed by atoms with Crippen LogP contribution in [0.3, 0.4) is 0 Å². The molecule has 2 rings (SSSR count). The summed E-state index contributed by atoms with van der Waals surface area (Å²) in [6, 6.07) is 10.4. The number of likely N-dealkylation sites (tertiary alicyclic amines) is 1. The third-order valence-electron chi connectivity index (χ3n) is 4.12. The van der Waals surface area contributed by atoms with Crippen LogP contribution in [0.2, 0.25) is 0 Å². The number of rotatable bonds is 6. The smallest absolute Gasteiger partial charge is 0.234 e. The summed E-state index contributed by atoms with van der Waals surface area (Å²) in [6.07, 6.45) is 2.19. The molecule has 1 amide bonds. The van der Waals surface area contributed by atoms with Crippen LogP contribution >= 0.6 is 0 Å². The molecule has 0 radical (unpaired) electrons. The van der Waals surface area contributed by atoms with E-state index in [9.17, 15) is 4.79 Å². The fraction of sp³-hybridized carbons (Fsp3) is 0.611. The van der Waals surface area contributed by atoms with Crippen molar-refractivity contribution in [2.45, 2.75) is 39.7 Å². The molecule has 21 heavy (non-hydrogen) atoms. The van der Waals surface area contributed by atoms with Crippen molar-refractivity contribution in [3.63, 3.8) is 0 Å². The summed E-state index contributed by atoms with van der Waals surface area (Å²) in [5.74, 6) is 1.43. The van der Waals surface area contributed by atoms with Crippen LogP contribution in [0, 0.1) is 11.8 Å². The highest BCUT2D eigenvalue weighted by atomic mass is 16.2. The third-order valence-corrected chi connectivity index (χ3v) is 4.12. The van der Waals surface area contributed by atoms with Crippen LogP contribution in [0.5, 0.6) is 0 Å². The average molecular weight is 288 g/mol. The van der Waals surface area contributed by atoms with Gasteiger partial charge in [-0.3, -0.25) is 9.69 Å². The van der Waals surface area contributed by atoms with E-state index in [0.717, 1.165) is 25.4 Å². The lowest BCUT2D eigenvalue weighted by atomic mass is 9.97. The standard InChI is InChI=1S/C18H28N2O/c1-14(2)11-17(16-7-5-4-6-8-16)19-18(21)13-20-10-9-15(3)12-20/h4-8,14-15,17H,9-13H2,1-3H3,(H,19,21). The molecule has 3 nitrogen and oxygen atoms in total. The van der Waals surface area contributed by atoms with Crippen LogP contribution in [0.4, 0.5) is 0 Å². The summed E-state index contributed by atoms with van der Waals surface area (Å²) in [6.45, 7) is 9.28. The van der Waals surface area contributed by atoms with Gasteiger partial charge in [-0.1, -0.05) is 51.1 Å². The van der Waals surface area contributed by atoms with Gasteiger partial charge in [0.15, 0.2) is 0 Å². The molecule has 116 valence electrons. The molecular formula is C18H28N2O. The Morgan fingerprint density at radius 2 is 2.05 bits per heavy atom. The van der Waals surface area contributed by atoms with Crippen LogP contribution in [0.1, 0.15) is 45.2 Å². The van der Waals surface area contributed by atoms with Crippen LogP contribution in [0.25, 0.3) is 0 Å². The van der Waals surface area contributed by atoms with E-state index in [1.165, 1.54) is 12.0 Å². The highest BCUT2D eigenvalue weighted by Gasteiger charge is 2.22. The molecule has 0 spiro atoms. The molecule has 2 atom stereocenters. The summed E-state index contributed by atoms with van der Waals surface area (Å²) in [7, 11) is 0. The van der Waals surface area contributed by atoms with Gasteiger partial charge >= 0.3 is 0 Å². The average Bonchev–Trinajstić information content (AvgIpc) is 2.83. The topological polar surface area (TPSA) is 32.3 Å². The van der Waals surface area contributed by atoms with Crippen molar-refractivity contribution in [1.29, 1.82) is 0 Å². The molecule has 1 aliphatic heterocycles. The van der Waals surface area contributed by atoms with Crippen molar-refractivity contribution in [2.75, 3.05) is 19.6 Å². The van der Waals surface area contributed by atoms with Gasteiger partial charge in [-0.25, -0.2) is 0 Å². The summed E-state index contributed by atoms with van der Waals surface area (Å²) >= 11 is 0. The minimum absolute atomic E-state index is 0.124. The molecule has 1 saturated heterocycles. The first-order valence-corrected chi connectivity index (χ1v) is 8.11. The Kier molecular flexibility index (Phi) is 5.80. The largest absolute Gasteiger partial charge is 0.348 e. The van der Waals surface area contributed by atoms with E-state index in [1.807, 2.05) is 18.2 Å². The molecule has 0 bridgehead atoms. The molecule has 1 aliphatic rings. The zero-order valence-corrected chi connectivity index (χ0v) is 13.5. The second kappa shape index (κ2) is 7.60. The molecule has 2 unspecified atom stereocenters. The fourth-order valence-electron chi connectivity index (χ4n) is 3.05. The van der Waals surface area contributed by atoms with Crippen LogP contribution in [-0.4, -0.2) is 30.4 Å². The lowest BCUT2D eigenvalue weighted by Gasteiger charge is -2.23. The first kappa shape index (κ1) is 16.0. The first-order valence-electron chi connectivity index (χ1n) is 8.11. The van der Waals surface area contributed by atoms with Crippen molar-refractivity contribution in [3.05, 3.63) is 35.9 Å². The molecule has 1 N–H and O–H groups in total. The molecule has 1 aromatic rings. The van der Waals surface area contributed by atoms with Crippen LogP contribution in [0.15, 0.2) is 30.3 Å². The van der Waals surface area contributed by atoms with Crippen molar-refractivity contribution in [3.8, 4) is 0 Å². The highest BCUT2D eigenvalue weighted by Crippen LogP contribution is 2.21. The quantitative estimate of drug-likeness (QED) is 0.871. The van der Waals surface area contributed by atoms with E-state index in [2.05, 4.69) is 43.1 Å². The number of hydrogen-bond acceptors (Lipinski definition) is 2. The maximum Gasteiger partial charge on any atom is 0.234 e. The van der Waals surface area contributed by atoms with E-state index < -0.39 is 0 Å². The van der Waals surface area contributed by atoms with Gasteiger partial charge in [0.2, 0.25) is 5.91 Å². The number of nitrogens with zero attached hydrogens (tertiary/aromatic N) is 1. The zero-order chi connectivity index (χ0) is 15.2. The van der Waals surface area contributed by atoms with Crippen molar-refractivity contribution >= 4 is 5.91 Å². The van der Waals surface area contributed by atoms with E-state index in [-0.39, 0.29) is 11.9 Å². The van der Waals surface area contributed by atoms with E-state index in [1.54, 1.807) is 0 Å². The second-order valence-corrected chi connectivity index (χ2v) is 6.79. The lowest BCUT2D eigenvalue weighted by Crippen LogP contribution is -2.38. The molecule has 0 aromatic heterocycles. The monoisotopic (exact) mass is 288 g/mol. The zero-order valence-electron chi connectivity index (χ0n) is 13.5. The predicted molar refractivity (Wildman–Crippen MR) is 87.0 cm³/mol. The second-order valence-electron chi connectivity index (χ2n) is 6.79. The van der Waals surface area contributed by atoms with E-state index in [0.29, 0.717) is 12.5 Å². The Bertz CT molecular complexity index is 444. The number of amides is 1. The van der Waals surface area contributed by atoms with Gasteiger partial charge in [0.1, 0.15) is 0 Å². The molecule has 1 aromatic carbocycles. The van der Waals surface area contributed by atoms with E-state index >= 15 is 0 Å². The predicted octanol–water partition coefficient (Wildman–Crippen LogP) is 3.23. The molecular weight excluding hydrogens is 260 g/mol. The maximum atomic E-state index is 12.3. The number of carbonyl (C=O) groups is 1. The van der Waals surface area contributed by atoms with Gasteiger partial charge in [0.05, 0.1) is 12.6 Å². The van der Waals surface area contributed by atoms with Gasteiger partial charge in [-0.2, -0.15) is 0 Å². The van der Waals surface area contributed by atoms with Gasteiger partial charge in [0.25, 0.3) is 0 Å². The minimum Gasteiger partial charge on any atom is -0.348 e. The summed E-state index contributed by atoms with van der Waals surface area (Å²) < 4.78 is 0. The first-order chi connectivity index (χ1) is 10.0. The number of nitrogens with one attached hydrogen (secondary N) is 1. The molecule has 0 aliphatic carbocycles. The van der Waals surface area contributed by atoms with Gasteiger partial charge < -0.3 is 5.32 Å². The molecule has 3 heteroatoms. The maximum absolute atomic E-state index is 12.3. The summed E-state index contributed by atoms with van der Waals surface area (Å²) in [4.78, 5) is 14.6. The van der Waals surface area contributed by atoms with E-state index in [4.69, 9.17) is 0 Å². The van der Waals surface area contributed by atoms with Crippen molar-refractivity contribution in [1.82, 2.24) is 10.2 Å². The van der Waals surface area contributed by atoms with Gasteiger partial charge in [-0.05, 0) is 36.8 Å². The molecule has 1 fully saturated rings. The number of hydrogen-bond donors (Lipinski definition) is 1.